The first-order valence-electron chi connectivity index (χ1n) is 4.52. The molecule has 0 aliphatic rings. The van der Waals surface area contributed by atoms with E-state index in [4.69, 9.17) is 16.7 Å². The van der Waals surface area contributed by atoms with Crippen molar-refractivity contribution in [2.45, 2.75) is 5.75 Å². The van der Waals surface area contributed by atoms with Crippen molar-refractivity contribution < 1.29 is 9.90 Å². The van der Waals surface area contributed by atoms with E-state index < -0.39 is 5.97 Å². The Morgan fingerprint density at radius 1 is 1.69 bits per heavy atom. The lowest BCUT2D eigenvalue weighted by Crippen LogP contribution is -1.97. The van der Waals surface area contributed by atoms with Crippen LogP contribution in [0.25, 0.3) is 5.52 Å². The van der Waals surface area contributed by atoms with Gasteiger partial charge in [-0.25, -0.2) is 9.78 Å². The molecule has 0 aliphatic carbocycles. The van der Waals surface area contributed by atoms with Crippen LogP contribution < -0.4 is 0 Å². The molecule has 84 valence electrons. The van der Waals surface area contributed by atoms with Gasteiger partial charge in [-0.1, -0.05) is 11.6 Å². The van der Waals surface area contributed by atoms with Gasteiger partial charge in [0.2, 0.25) is 0 Å². The van der Waals surface area contributed by atoms with Crippen molar-refractivity contribution in [1.29, 1.82) is 0 Å². The molecule has 0 fully saturated rings. The summed E-state index contributed by atoms with van der Waals surface area (Å²) in [6.45, 7) is 0. The summed E-state index contributed by atoms with van der Waals surface area (Å²) in [6.07, 6.45) is 3.68. The molecule has 0 aliphatic heterocycles. The molecule has 2 rings (SSSR count). The van der Waals surface area contributed by atoms with Gasteiger partial charge >= 0.3 is 5.97 Å². The van der Waals surface area contributed by atoms with Gasteiger partial charge in [-0.2, -0.15) is 11.8 Å². The predicted molar refractivity (Wildman–Crippen MR) is 64.4 cm³/mol. The zero-order valence-electron chi connectivity index (χ0n) is 8.48. The van der Waals surface area contributed by atoms with E-state index in [0.717, 1.165) is 5.82 Å². The third-order valence-corrected chi connectivity index (χ3v) is 2.94. The van der Waals surface area contributed by atoms with Gasteiger partial charge in [-0.05, 0) is 18.4 Å². The number of carbonyl (C=O) groups is 1. The fourth-order valence-electron chi connectivity index (χ4n) is 1.51. The highest BCUT2D eigenvalue weighted by Crippen LogP contribution is 2.20. The van der Waals surface area contributed by atoms with Crippen LogP contribution in [-0.4, -0.2) is 26.7 Å². The molecule has 0 amide bonds. The largest absolute Gasteiger partial charge is 0.476 e. The van der Waals surface area contributed by atoms with Gasteiger partial charge in [0.1, 0.15) is 5.82 Å². The van der Waals surface area contributed by atoms with Crippen LogP contribution in [0.5, 0.6) is 0 Å². The molecule has 6 heteroatoms. The first-order chi connectivity index (χ1) is 7.63. The van der Waals surface area contributed by atoms with Crippen molar-refractivity contribution in [1.82, 2.24) is 9.38 Å². The Balaban J connectivity index is 2.71. The van der Waals surface area contributed by atoms with E-state index in [9.17, 15) is 4.79 Å². The highest BCUT2D eigenvalue weighted by Gasteiger charge is 2.16. The number of aromatic nitrogens is 2. The van der Waals surface area contributed by atoms with E-state index in [1.165, 1.54) is 0 Å². The Labute approximate surface area is 101 Å². The minimum Gasteiger partial charge on any atom is -0.476 e. The van der Waals surface area contributed by atoms with E-state index >= 15 is 0 Å². The summed E-state index contributed by atoms with van der Waals surface area (Å²) in [7, 11) is 0. The topological polar surface area (TPSA) is 54.6 Å². The number of rotatable bonds is 3. The van der Waals surface area contributed by atoms with E-state index in [0.29, 0.717) is 16.3 Å². The highest BCUT2D eigenvalue weighted by atomic mass is 35.5. The number of nitrogens with zero attached hydrogens (tertiary/aromatic N) is 2. The lowest BCUT2D eigenvalue weighted by atomic mass is 10.3. The van der Waals surface area contributed by atoms with Gasteiger partial charge in [0.25, 0.3) is 0 Å². The maximum atomic E-state index is 11.0. The molecule has 16 heavy (non-hydrogen) atoms. The molecule has 0 saturated carbocycles. The normalized spacial score (nSPS) is 10.9. The summed E-state index contributed by atoms with van der Waals surface area (Å²) in [6, 6.07) is 3.33. The Morgan fingerprint density at radius 2 is 2.44 bits per heavy atom. The Hall–Kier alpha value is -1.20. The zero-order chi connectivity index (χ0) is 11.7. The van der Waals surface area contributed by atoms with Crippen molar-refractivity contribution in [2.24, 2.45) is 0 Å². The van der Waals surface area contributed by atoms with Crippen LogP contribution in [0.1, 0.15) is 16.3 Å². The summed E-state index contributed by atoms with van der Waals surface area (Å²) in [5.41, 5.74) is 0.579. The Kier molecular flexibility index (Phi) is 3.07. The minimum absolute atomic E-state index is 0.0477. The molecule has 0 atom stereocenters. The second kappa shape index (κ2) is 4.35. The Bertz CT molecular complexity index is 553. The van der Waals surface area contributed by atoms with Gasteiger partial charge in [0.15, 0.2) is 5.69 Å². The maximum Gasteiger partial charge on any atom is 0.356 e. The number of carboxylic acid groups (broad SMARTS) is 1. The monoisotopic (exact) mass is 256 g/mol. The fourth-order valence-corrected chi connectivity index (χ4v) is 2.13. The van der Waals surface area contributed by atoms with Crippen molar-refractivity contribution in [2.75, 3.05) is 6.26 Å². The minimum atomic E-state index is -1.04. The number of fused-ring (bicyclic) bond motifs is 1. The molecule has 0 radical (unpaired) electrons. The van der Waals surface area contributed by atoms with Crippen LogP contribution >= 0.6 is 23.4 Å². The number of hydrogen-bond donors (Lipinski definition) is 1. The lowest BCUT2D eigenvalue weighted by Gasteiger charge is -1.98. The summed E-state index contributed by atoms with van der Waals surface area (Å²) >= 11 is 7.43. The third kappa shape index (κ3) is 1.88. The summed E-state index contributed by atoms with van der Waals surface area (Å²) < 4.78 is 1.76. The predicted octanol–water partition coefficient (Wildman–Crippen LogP) is 2.55. The van der Waals surface area contributed by atoms with Gasteiger partial charge in [-0.3, -0.25) is 0 Å². The van der Waals surface area contributed by atoms with Gasteiger partial charge in [-0.15, -0.1) is 0 Å². The molecule has 0 saturated heterocycles. The van der Waals surface area contributed by atoms with Crippen molar-refractivity contribution in [3.63, 3.8) is 0 Å². The molecule has 0 aromatic carbocycles. The summed E-state index contributed by atoms with van der Waals surface area (Å²) in [5, 5.41) is 9.53. The van der Waals surface area contributed by atoms with Crippen LogP contribution in [-0.2, 0) is 5.75 Å². The zero-order valence-corrected chi connectivity index (χ0v) is 10.0. The summed E-state index contributed by atoms with van der Waals surface area (Å²) in [5.74, 6) is 0.347. The molecule has 0 unspecified atom stereocenters. The molecular weight excluding hydrogens is 248 g/mol. The summed E-state index contributed by atoms with van der Waals surface area (Å²) in [4.78, 5) is 15.1. The molecule has 0 bridgehead atoms. The van der Waals surface area contributed by atoms with Crippen LogP contribution in [0, 0.1) is 0 Å². The first-order valence-corrected chi connectivity index (χ1v) is 6.29. The van der Waals surface area contributed by atoms with Gasteiger partial charge < -0.3 is 9.51 Å². The number of carboxylic acids is 1. The average Bonchev–Trinajstić information content (AvgIpc) is 2.57. The molecular formula is C10H9ClN2O2S. The number of hydrogen-bond acceptors (Lipinski definition) is 3. The van der Waals surface area contributed by atoms with Gasteiger partial charge in [0, 0.05) is 11.2 Å². The number of pyridine rings is 1. The number of aromatic carboxylic acids is 1. The lowest BCUT2D eigenvalue weighted by molar-refractivity contribution is 0.0693. The van der Waals surface area contributed by atoms with Crippen molar-refractivity contribution in [3.05, 3.63) is 34.9 Å². The molecule has 2 aromatic rings. The SMILES string of the molecule is CSCc1nc(C(=O)O)c2cc(Cl)ccn12. The van der Waals surface area contributed by atoms with Crippen molar-refractivity contribution >= 4 is 34.8 Å². The molecule has 2 heterocycles. The smallest absolute Gasteiger partial charge is 0.356 e. The number of imidazole rings is 1. The van der Waals surface area contributed by atoms with Crippen LogP contribution in [0.4, 0.5) is 0 Å². The molecule has 4 nitrogen and oxygen atoms in total. The van der Waals surface area contributed by atoms with Crippen molar-refractivity contribution in [3.8, 4) is 0 Å². The van der Waals surface area contributed by atoms with E-state index in [1.807, 2.05) is 6.26 Å². The first kappa shape index (κ1) is 11.3. The van der Waals surface area contributed by atoms with Crippen LogP contribution in [0.3, 0.4) is 0 Å². The highest BCUT2D eigenvalue weighted by molar-refractivity contribution is 7.97. The van der Waals surface area contributed by atoms with Crippen LogP contribution in [0.2, 0.25) is 5.02 Å². The van der Waals surface area contributed by atoms with E-state index in [2.05, 4.69) is 4.98 Å². The number of halogens is 1. The van der Waals surface area contributed by atoms with Crippen LogP contribution in [0.15, 0.2) is 18.3 Å². The van der Waals surface area contributed by atoms with E-state index in [1.54, 1.807) is 34.5 Å². The number of thioether (sulfide) groups is 1. The fraction of sp³-hybridized carbons (Fsp3) is 0.200. The second-order valence-electron chi connectivity index (χ2n) is 3.22. The molecule has 2 aromatic heterocycles. The molecule has 1 N–H and O–H groups in total. The average molecular weight is 257 g/mol. The van der Waals surface area contributed by atoms with Gasteiger partial charge in [0.05, 0.1) is 11.3 Å². The standard InChI is InChI=1S/C10H9ClN2O2S/c1-16-5-8-12-9(10(14)15)7-4-6(11)2-3-13(7)8/h2-4H,5H2,1H3,(H,14,15). The maximum absolute atomic E-state index is 11.0. The quantitative estimate of drug-likeness (QED) is 0.917. The Morgan fingerprint density at radius 3 is 3.06 bits per heavy atom. The second-order valence-corrected chi connectivity index (χ2v) is 4.52. The van der Waals surface area contributed by atoms with E-state index in [-0.39, 0.29) is 5.69 Å². The molecule has 0 spiro atoms. The third-order valence-electron chi connectivity index (χ3n) is 2.15.